The van der Waals surface area contributed by atoms with Crippen molar-refractivity contribution >= 4 is 28.9 Å². The zero-order valence-corrected chi connectivity index (χ0v) is 13.2. The van der Waals surface area contributed by atoms with Gasteiger partial charge in [0.2, 0.25) is 5.78 Å². The van der Waals surface area contributed by atoms with Crippen LogP contribution in [-0.4, -0.2) is 27.8 Å². The Morgan fingerprint density at radius 2 is 1.56 bits per heavy atom. The SMILES string of the molecule is CC(=O)c1cccc2c3c(c(C(=O)c4ccccc4)n12)C(=O)NC3=O. The lowest BCUT2D eigenvalue weighted by atomic mass is 10.0. The van der Waals surface area contributed by atoms with Crippen LogP contribution in [0.5, 0.6) is 0 Å². The topological polar surface area (TPSA) is 84.7 Å². The minimum atomic E-state index is -0.627. The van der Waals surface area contributed by atoms with Gasteiger partial charge in [0.15, 0.2) is 5.78 Å². The molecule has 6 heteroatoms. The molecular weight excluding hydrogens is 320 g/mol. The summed E-state index contributed by atoms with van der Waals surface area (Å²) in [7, 11) is 0. The third-order valence-electron chi connectivity index (χ3n) is 4.25. The summed E-state index contributed by atoms with van der Waals surface area (Å²) in [4.78, 5) is 49.6. The number of fused-ring (bicyclic) bond motifs is 3. The van der Waals surface area contributed by atoms with Crippen molar-refractivity contribution in [3.05, 3.63) is 76.6 Å². The number of benzene rings is 1. The molecule has 0 spiro atoms. The van der Waals surface area contributed by atoms with Crippen LogP contribution < -0.4 is 5.32 Å². The molecule has 2 aromatic heterocycles. The van der Waals surface area contributed by atoms with E-state index in [0.29, 0.717) is 11.1 Å². The van der Waals surface area contributed by atoms with Crippen molar-refractivity contribution in [1.82, 2.24) is 9.72 Å². The second-order valence-corrected chi connectivity index (χ2v) is 5.76. The molecule has 122 valence electrons. The predicted octanol–water partition coefficient (Wildman–Crippen LogP) is 2.26. The van der Waals surface area contributed by atoms with Gasteiger partial charge in [0.05, 0.1) is 22.3 Å². The minimum Gasteiger partial charge on any atom is -0.302 e. The number of hydrogen-bond acceptors (Lipinski definition) is 4. The number of pyridine rings is 1. The van der Waals surface area contributed by atoms with Gasteiger partial charge in [-0.15, -0.1) is 0 Å². The van der Waals surface area contributed by atoms with Crippen molar-refractivity contribution in [2.24, 2.45) is 0 Å². The number of Topliss-reactive ketones (excluding diaryl/α,β-unsaturated/α-hetero) is 1. The standard InChI is InChI=1S/C19H12N2O4/c1-10(22)12-8-5-9-13-14-15(19(25)20-18(14)24)16(21(12)13)17(23)11-6-3-2-4-7-11/h2-9H,1H3,(H,20,24,25). The number of rotatable bonds is 3. The van der Waals surface area contributed by atoms with Crippen LogP contribution in [-0.2, 0) is 0 Å². The molecule has 0 bridgehead atoms. The van der Waals surface area contributed by atoms with Gasteiger partial charge in [-0.2, -0.15) is 0 Å². The summed E-state index contributed by atoms with van der Waals surface area (Å²) < 4.78 is 1.42. The normalized spacial score (nSPS) is 13.0. The van der Waals surface area contributed by atoms with E-state index in [2.05, 4.69) is 5.32 Å². The van der Waals surface area contributed by atoms with E-state index in [0.717, 1.165) is 0 Å². The Labute approximate surface area is 142 Å². The van der Waals surface area contributed by atoms with Gasteiger partial charge in [0, 0.05) is 12.5 Å². The highest BCUT2D eigenvalue weighted by Gasteiger charge is 2.38. The first kappa shape index (κ1) is 15.0. The zero-order valence-electron chi connectivity index (χ0n) is 13.2. The second-order valence-electron chi connectivity index (χ2n) is 5.76. The van der Waals surface area contributed by atoms with E-state index in [1.54, 1.807) is 48.5 Å². The highest BCUT2D eigenvalue weighted by atomic mass is 16.2. The van der Waals surface area contributed by atoms with E-state index >= 15 is 0 Å². The predicted molar refractivity (Wildman–Crippen MR) is 89.1 cm³/mol. The fourth-order valence-corrected chi connectivity index (χ4v) is 3.20. The summed E-state index contributed by atoms with van der Waals surface area (Å²) in [5.74, 6) is -1.88. The summed E-state index contributed by atoms with van der Waals surface area (Å²) >= 11 is 0. The van der Waals surface area contributed by atoms with Gasteiger partial charge in [0.1, 0.15) is 5.69 Å². The zero-order chi connectivity index (χ0) is 17.7. The first-order chi connectivity index (χ1) is 12.0. The van der Waals surface area contributed by atoms with Gasteiger partial charge in [-0.3, -0.25) is 24.5 Å². The molecule has 0 saturated carbocycles. The molecule has 3 aromatic rings. The van der Waals surface area contributed by atoms with Gasteiger partial charge in [-0.1, -0.05) is 36.4 Å². The third kappa shape index (κ3) is 2.04. The largest absolute Gasteiger partial charge is 0.302 e. The molecule has 1 aromatic carbocycles. The number of nitrogens with one attached hydrogen (secondary N) is 1. The fraction of sp³-hybridized carbons (Fsp3) is 0.0526. The Balaban J connectivity index is 2.15. The number of hydrogen-bond donors (Lipinski definition) is 1. The summed E-state index contributed by atoms with van der Waals surface area (Å²) in [6.45, 7) is 1.37. The van der Waals surface area contributed by atoms with Crippen LogP contribution in [0.2, 0.25) is 0 Å². The monoisotopic (exact) mass is 332 g/mol. The lowest BCUT2D eigenvalue weighted by molar-refractivity contribution is 0.0873. The number of aromatic nitrogens is 1. The molecule has 1 N–H and O–H groups in total. The summed E-state index contributed by atoms with van der Waals surface area (Å²) in [5.41, 5.74) is 1.16. The Morgan fingerprint density at radius 1 is 0.880 bits per heavy atom. The van der Waals surface area contributed by atoms with Crippen LogP contribution in [0.1, 0.15) is 54.2 Å². The first-order valence-electron chi connectivity index (χ1n) is 7.64. The fourth-order valence-electron chi connectivity index (χ4n) is 3.20. The van der Waals surface area contributed by atoms with Crippen molar-refractivity contribution in [1.29, 1.82) is 0 Å². The number of nitrogens with zero attached hydrogens (tertiary/aromatic N) is 1. The molecule has 3 heterocycles. The summed E-state index contributed by atoms with van der Waals surface area (Å²) in [5, 5.41) is 2.22. The number of amides is 2. The summed E-state index contributed by atoms with van der Waals surface area (Å²) in [6, 6.07) is 13.2. The van der Waals surface area contributed by atoms with Crippen LogP contribution in [0.4, 0.5) is 0 Å². The van der Waals surface area contributed by atoms with Crippen molar-refractivity contribution in [3.63, 3.8) is 0 Å². The van der Waals surface area contributed by atoms with E-state index in [9.17, 15) is 19.2 Å². The van der Waals surface area contributed by atoms with E-state index in [1.807, 2.05) is 0 Å². The smallest absolute Gasteiger partial charge is 0.261 e. The van der Waals surface area contributed by atoms with Crippen LogP contribution in [0.3, 0.4) is 0 Å². The number of carbonyl (C=O) groups excluding carboxylic acids is 4. The van der Waals surface area contributed by atoms with Gasteiger partial charge >= 0.3 is 0 Å². The van der Waals surface area contributed by atoms with Gasteiger partial charge < -0.3 is 4.40 Å². The van der Waals surface area contributed by atoms with Crippen molar-refractivity contribution in [2.75, 3.05) is 0 Å². The van der Waals surface area contributed by atoms with Crippen LogP contribution >= 0.6 is 0 Å². The highest BCUT2D eigenvalue weighted by molar-refractivity contribution is 6.30. The molecule has 0 saturated heterocycles. The van der Waals surface area contributed by atoms with E-state index in [-0.39, 0.29) is 28.3 Å². The molecule has 0 atom stereocenters. The van der Waals surface area contributed by atoms with E-state index in [4.69, 9.17) is 0 Å². The Bertz CT molecular complexity index is 1090. The van der Waals surface area contributed by atoms with Crippen LogP contribution in [0.25, 0.3) is 5.52 Å². The molecule has 0 unspecified atom stereocenters. The lowest BCUT2D eigenvalue weighted by Gasteiger charge is -2.09. The van der Waals surface area contributed by atoms with E-state index < -0.39 is 17.6 Å². The highest BCUT2D eigenvalue weighted by Crippen LogP contribution is 2.30. The summed E-state index contributed by atoms with van der Waals surface area (Å²) in [6.07, 6.45) is 0. The van der Waals surface area contributed by atoms with Gasteiger partial charge in [0.25, 0.3) is 11.8 Å². The molecule has 0 radical (unpaired) electrons. The molecular formula is C19H12N2O4. The third-order valence-corrected chi connectivity index (χ3v) is 4.25. The average Bonchev–Trinajstić information content (AvgIpc) is 3.10. The molecule has 1 aliphatic heterocycles. The quantitative estimate of drug-likeness (QED) is 0.589. The minimum absolute atomic E-state index is 0.0209. The first-order valence-corrected chi connectivity index (χ1v) is 7.64. The van der Waals surface area contributed by atoms with E-state index in [1.165, 1.54) is 11.3 Å². The Hall–Kier alpha value is -3.54. The molecule has 6 nitrogen and oxygen atoms in total. The molecule has 4 rings (SSSR count). The Morgan fingerprint density at radius 3 is 2.24 bits per heavy atom. The van der Waals surface area contributed by atoms with Gasteiger partial charge in [-0.05, 0) is 12.1 Å². The van der Waals surface area contributed by atoms with Gasteiger partial charge in [-0.25, -0.2) is 0 Å². The molecule has 1 aliphatic rings. The molecule has 2 amide bonds. The lowest BCUT2D eigenvalue weighted by Crippen LogP contribution is -2.23. The molecule has 0 fully saturated rings. The van der Waals surface area contributed by atoms with Crippen LogP contribution in [0, 0.1) is 0 Å². The average molecular weight is 332 g/mol. The maximum Gasteiger partial charge on any atom is 0.261 e. The Kier molecular flexibility index (Phi) is 3.15. The maximum atomic E-state index is 13.1. The van der Waals surface area contributed by atoms with Crippen molar-refractivity contribution < 1.29 is 19.2 Å². The maximum absolute atomic E-state index is 13.1. The van der Waals surface area contributed by atoms with Crippen molar-refractivity contribution in [3.8, 4) is 0 Å². The number of imide groups is 1. The molecule has 0 aliphatic carbocycles. The molecule has 25 heavy (non-hydrogen) atoms. The number of carbonyl (C=O) groups is 4. The van der Waals surface area contributed by atoms with Crippen LogP contribution in [0.15, 0.2) is 48.5 Å². The van der Waals surface area contributed by atoms with Crippen molar-refractivity contribution in [2.45, 2.75) is 6.92 Å². The second kappa shape index (κ2) is 5.24. The number of ketones is 2.